The highest BCUT2D eigenvalue weighted by atomic mass is 16.6. The first-order chi connectivity index (χ1) is 11.8. The summed E-state index contributed by atoms with van der Waals surface area (Å²) < 4.78 is 6.83. The van der Waals surface area contributed by atoms with E-state index in [4.69, 9.17) is 4.74 Å². The molecule has 5 aliphatic rings. The van der Waals surface area contributed by atoms with Gasteiger partial charge in [0.25, 0.3) is 0 Å². The molecule has 5 rings (SSSR count). The Labute approximate surface area is 154 Å². The Kier molecular flexibility index (Phi) is 3.58. The summed E-state index contributed by atoms with van der Waals surface area (Å²) in [4.78, 5) is 0. The summed E-state index contributed by atoms with van der Waals surface area (Å²) in [5.74, 6) is 3.97. The van der Waals surface area contributed by atoms with Crippen molar-refractivity contribution in [2.45, 2.75) is 103 Å². The molecule has 4 saturated carbocycles. The van der Waals surface area contributed by atoms with Crippen LogP contribution < -0.4 is 5.32 Å². The molecule has 1 aliphatic heterocycles. The Bertz CT molecular complexity index is 558. The second kappa shape index (κ2) is 5.25. The summed E-state index contributed by atoms with van der Waals surface area (Å²) in [5.41, 5.74) is 1.24. The maximum Gasteiger partial charge on any atom is 0.195 e. The molecule has 1 heterocycles. The first-order valence-electron chi connectivity index (χ1n) is 11.3. The molecule has 2 heteroatoms. The lowest BCUT2D eigenvalue weighted by Gasteiger charge is -2.61. The van der Waals surface area contributed by atoms with E-state index < -0.39 is 0 Å². The molecule has 0 bridgehead atoms. The number of nitrogens with two attached hydrogens (primary N) is 1. The number of rotatable bonds is 0. The van der Waals surface area contributed by atoms with Crippen LogP contribution in [0.2, 0.25) is 0 Å². The normalized spacial score (nSPS) is 57.1. The molecule has 2 nitrogen and oxygen atoms in total. The van der Waals surface area contributed by atoms with Crippen molar-refractivity contribution in [1.82, 2.24) is 0 Å². The molecule has 2 N–H and O–H groups in total. The van der Waals surface area contributed by atoms with E-state index in [1.165, 1.54) is 70.8 Å². The van der Waals surface area contributed by atoms with Crippen molar-refractivity contribution in [3.05, 3.63) is 0 Å². The molecule has 0 aromatic rings. The minimum Gasteiger partial charge on any atom is -0.317 e. The smallest absolute Gasteiger partial charge is 0.195 e. The first-order valence-corrected chi connectivity index (χ1v) is 11.3. The van der Waals surface area contributed by atoms with Crippen molar-refractivity contribution in [1.29, 1.82) is 0 Å². The van der Waals surface area contributed by atoms with Gasteiger partial charge in [0.15, 0.2) is 5.72 Å². The highest BCUT2D eigenvalue weighted by molar-refractivity contribution is 5.15. The van der Waals surface area contributed by atoms with E-state index >= 15 is 0 Å². The van der Waals surface area contributed by atoms with Gasteiger partial charge < -0.3 is 10.1 Å². The highest BCUT2D eigenvalue weighted by Gasteiger charge is 2.69. The molecule has 4 aliphatic carbocycles. The molecule has 142 valence electrons. The van der Waals surface area contributed by atoms with Crippen molar-refractivity contribution < 1.29 is 10.1 Å². The van der Waals surface area contributed by atoms with E-state index in [-0.39, 0.29) is 11.3 Å². The summed E-state index contributed by atoms with van der Waals surface area (Å²) in [7, 11) is 0. The van der Waals surface area contributed by atoms with Gasteiger partial charge in [-0.15, -0.1) is 0 Å². The van der Waals surface area contributed by atoms with Crippen molar-refractivity contribution in [3.8, 4) is 0 Å². The van der Waals surface area contributed by atoms with Crippen LogP contribution in [0.5, 0.6) is 0 Å². The second-order valence-electron chi connectivity index (χ2n) is 11.5. The van der Waals surface area contributed by atoms with Gasteiger partial charge in [-0.2, -0.15) is 0 Å². The summed E-state index contributed by atoms with van der Waals surface area (Å²) in [6, 6.07) is 0. The molecule has 1 spiro atoms. The maximum absolute atomic E-state index is 6.83. The van der Waals surface area contributed by atoms with Gasteiger partial charge in [0.05, 0.1) is 0 Å². The van der Waals surface area contributed by atoms with Crippen LogP contribution in [0.3, 0.4) is 0 Å². The van der Waals surface area contributed by atoms with Gasteiger partial charge in [-0.1, -0.05) is 26.7 Å². The standard InChI is InChI=1S/C23H39NO/c1-20(2)24-15-23(25-20)14-11-19-17-9-8-16-7-5-6-12-21(16,3)18(17)10-13-22(19,23)4/h16-19,24H,5-15H2,1-4H3/p+1/t16-,17-,18-,19+,21-,22+,23+/m0/s1. The molecule has 0 amide bonds. The molecular formula is C23H40NO+. The molecular weight excluding hydrogens is 306 g/mol. The van der Waals surface area contributed by atoms with Gasteiger partial charge in [0.1, 0.15) is 12.1 Å². The Hall–Kier alpha value is -0.0800. The molecule has 1 saturated heterocycles. The van der Waals surface area contributed by atoms with Crippen molar-refractivity contribution >= 4 is 0 Å². The predicted octanol–water partition coefficient (Wildman–Crippen LogP) is 4.49. The van der Waals surface area contributed by atoms with Crippen LogP contribution in [0.15, 0.2) is 0 Å². The quantitative estimate of drug-likeness (QED) is 0.687. The lowest BCUT2D eigenvalue weighted by atomic mass is 9.44. The van der Waals surface area contributed by atoms with Crippen molar-refractivity contribution in [2.24, 2.45) is 34.5 Å². The summed E-state index contributed by atoms with van der Waals surface area (Å²) in [5, 5.41) is 2.48. The third-order valence-electron chi connectivity index (χ3n) is 10.3. The van der Waals surface area contributed by atoms with Crippen LogP contribution in [0, 0.1) is 34.5 Å². The van der Waals surface area contributed by atoms with Gasteiger partial charge in [-0.3, -0.25) is 0 Å². The van der Waals surface area contributed by atoms with Crippen LogP contribution in [0.1, 0.15) is 91.9 Å². The van der Waals surface area contributed by atoms with Gasteiger partial charge in [-0.25, -0.2) is 0 Å². The molecule has 0 unspecified atom stereocenters. The highest BCUT2D eigenvalue weighted by Crippen LogP contribution is 2.69. The number of ether oxygens (including phenoxy) is 1. The van der Waals surface area contributed by atoms with E-state index in [9.17, 15) is 0 Å². The molecule has 0 aromatic heterocycles. The van der Waals surface area contributed by atoms with Crippen molar-refractivity contribution in [2.75, 3.05) is 6.54 Å². The van der Waals surface area contributed by atoms with Gasteiger partial charge >= 0.3 is 0 Å². The Morgan fingerprint density at radius 2 is 1.60 bits per heavy atom. The lowest BCUT2D eigenvalue weighted by molar-refractivity contribution is -0.725. The van der Waals surface area contributed by atoms with E-state index in [1.807, 2.05) is 0 Å². The summed E-state index contributed by atoms with van der Waals surface area (Å²) in [6.07, 6.45) is 14.7. The molecule has 7 atom stereocenters. The first kappa shape index (κ1) is 17.0. The minimum absolute atomic E-state index is 0.0121. The zero-order valence-corrected chi connectivity index (χ0v) is 17.1. The number of hydrogen-bond donors (Lipinski definition) is 1. The van der Waals surface area contributed by atoms with Crippen LogP contribution in [-0.2, 0) is 4.74 Å². The number of hydrogen-bond acceptors (Lipinski definition) is 1. The summed E-state index contributed by atoms with van der Waals surface area (Å²) >= 11 is 0. The zero-order chi connectivity index (χ0) is 17.5. The fourth-order valence-electron chi connectivity index (χ4n) is 8.89. The topological polar surface area (TPSA) is 25.8 Å². The fraction of sp³-hybridized carbons (Fsp3) is 1.00. The molecule has 0 radical (unpaired) electrons. The third-order valence-corrected chi connectivity index (χ3v) is 10.3. The average molecular weight is 347 g/mol. The average Bonchev–Trinajstić information content (AvgIpc) is 3.04. The fourth-order valence-corrected chi connectivity index (χ4v) is 8.89. The SMILES string of the molecule is CC1(C)[NH2+]C[C@@]2(CC[C@@H]3[C@H]4CC[C@@H]5CCCC[C@]5(C)[C@H]4CC[C@]32C)O1. The Morgan fingerprint density at radius 1 is 0.800 bits per heavy atom. The van der Waals surface area contributed by atoms with E-state index in [2.05, 4.69) is 33.0 Å². The van der Waals surface area contributed by atoms with Crippen LogP contribution in [-0.4, -0.2) is 17.9 Å². The number of quaternary nitrogens is 1. The Morgan fingerprint density at radius 3 is 2.36 bits per heavy atom. The van der Waals surface area contributed by atoms with Crippen LogP contribution in [0.25, 0.3) is 0 Å². The second-order valence-corrected chi connectivity index (χ2v) is 11.5. The Balaban J connectivity index is 1.46. The number of fused-ring (bicyclic) bond motifs is 6. The third kappa shape index (κ3) is 2.16. The van der Waals surface area contributed by atoms with E-state index in [0.29, 0.717) is 10.8 Å². The van der Waals surface area contributed by atoms with E-state index in [0.717, 1.165) is 23.7 Å². The monoisotopic (exact) mass is 346 g/mol. The van der Waals surface area contributed by atoms with Crippen molar-refractivity contribution in [3.63, 3.8) is 0 Å². The van der Waals surface area contributed by atoms with Crippen LogP contribution in [0.4, 0.5) is 0 Å². The lowest BCUT2D eigenvalue weighted by Crippen LogP contribution is -2.92. The van der Waals surface area contributed by atoms with Crippen LogP contribution >= 0.6 is 0 Å². The van der Waals surface area contributed by atoms with Gasteiger partial charge in [0, 0.05) is 19.3 Å². The zero-order valence-electron chi connectivity index (χ0n) is 17.1. The predicted molar refractivity (Wildman–Crippen MR) is 101 cm³/mol. The minimum atomic E-state index is -0.0121. The molecule has 25 heavy (non-hydrogen) atoms. The van der Waals surface area contributed by atoms with Gasteiger partial charge in [0.2, 0.25) is 0 Å². The largest absolute Gasteiger partial charge is 0.317 e. The molecule has 0 aromatic carbocycles. The van der Waals surface area contributed by atoms with E-state index in [1.54, 1.807) is 0 Å². The van der Waals surface area contributed by atoms with Gasteiger partial charge in [-0.05, 0) is 80.5 Å². The molecule has 5 fully saturated rings. The summed E-state index contributed by atoms with van der Waals surface area (Å²) in [6.45, 7) is 11.1. The maximum atomic E-state index is 6.83.